The van der Waals surface area contributed by atoms with E-state index in [0.29, 0.717) is 5.76 Å². The Bertz CT molecular complexity index is 601. The van der Waals surface area contributed by atoms with Gasteiger partial charge in [-0.3, -0.25) is 0 Å². The van der Waals surface area contributed by atoms with E-state index in [1.54, 1.807) is 12.1 Å². The minimum Gasteiger partial charge on any atom is -0.463 e. The van der Waals surface area contributed by atoms with Gasteiger partial charge in [-0.2, -0.15) is 0 Å². The van der Waals surface area contributed by atoms with Gasteiger partial charge in [-0.25, -0.2) is 4.79 Å². The van der Waals surface area contributed by atoms with Crippen LogP contribution in [0.5, 0.6) is 0 Å². The van der Waals surface area contributed by atoms with E-state index in [1.165, 1.54) is 7.11 Å². The van der Waals surface area contributed by atoms with Gasteiger partial charge in [0.05, 0.1) is 13.2 Å². The first-order valence-electron chi connectivity index (χ1n) is 6.03. The molecule has 2 aromatic rings. The Labute approximate surface area is 112 Å². The van der Waals surface area contributed by atoms with Gasteiger partial charge in [0.15, 0.2) is 0 Å². The van der Waals surface area contributed by atoms with Crippen molar-refractivity contribution in [1.29, 1.82) is 0 Å². The molecular weight excluding hydrogens is 242 g/mol. The Balaban J connectivity index is 2.33. The highest BCUT2D eigenvalue weighted by Gasteiger charge is 2.18. The molecule has 2 rings (SSSR count). The van der Waals surface area contributed by atoms with Gasteiger partial charge in [0, 0.05) is 0 Å². The summed E-state index contributed by atoms with van der Waals surface area (Å²) in [5, 5.41) is 0. The molecule has 0 saturated carbocycles. The zero-order valence-electron chi connectivity index (χ0n) is 11.3. The van der Waals surface area contributed by atoms with Crippen molar-refractivity contribution in [3.63, 3.8) is 0 Å². The van der Waals surface area contributed by atoms with E-state index < -0.39 is 12.0 Å². The molecule has 1 aromatic heterocycles. The van der Waals surface area contributed by atoms with Gasteiger partial charge < -0.3 is 14.9 Å². The average molecular weight is 259 g/mol. The van der Waals surface area contributed by atoms with Crippen molar-refractivity contribution < 1.29 is 13.9 Å². The van der Waals surface area contributed by atoms with E-state index in [9.17, 15) is 4.79 Å². The summed E-state index contributed by atoms with van der Waals surface area (Å²) in [7, 11) is 1.31. The van der Waals surface area contributed by atoms with Crippen molar-refractivity contribution in [1.82, 2.24) is 0 Å². The lowest BCUT2D eigenvalue weighted by Crippen LogP contribution is -2.12. The smallest absolute Gasteiger partial charge is 0.373 e. The van der Waals surface area contributed by atoms with Crippen LogP contribution in [0.3, 0.4) is 0 Å². The van der Waals surface area contributed by atoms with Crippen molar-refractivity contribution in [2.75, 3.05) is 7.11 Å². The normalized spacial score (nSPS) is 12.2. The third-order valence-corrected chi connectivity index (χ3v) is 3.09. The summed E-state index contributed by atoms with van der Waals surface area (Å²) in [6.45, 7) is 4.01. The van der Waals surface area contributed by atoms with Crippen molar-refractivity contribution in [2.45, 2.75) is 19.9 Å². The lowest BCUT2D eigenvalue weighted by atomic mass is 9.98. The Morgan fingerprint density at radius 2 is 2.00 bits per heavy atom. The maximum atomic E-state index is 11.4. The summed E-state index contributed by atoms with van der Waals surface area (Å²) < 4.78 is 10.1. The number of carbonyl (C=O) groups excluding carboxylic acids is 1. The van der Waals surface area contributed by atoms with Crippen LogP contribution in [0, 0.1) is 13.8 Å². The van der Waals surface area contributed by atoms with Gasteiger partial charge in [-0.15, -0.1) is 0 Å². The largest absolute Gasteiger partial charge is 0.463 e. The number of furan rings is 1. The highest BCUT2D eigenvalue weighted by Crippen LogP contribution is 2.25. The third-order valence-electron chi connectivity index (χ3n) is 3.09. The van der Waals surface area contributed by atoms with E-state index in [0.717, 1.165) is 16.7 Å². The van der Waals surface area contributed by atoms with Gasteiger partial charge >= 0.3 is 5.97 Å². The minimum atomic E-state index is -0.501. The van der Waals surface area contributed by atoms with Gasteiger partial charge in [-0.05, 0) is 37.1 Å². The summed E-state index contributed by atoms with van der Waals surface area (Å²) in [5.74, 6) is 0.215. The van der Waals surface area contributed by atoms with E-state index >= 15 is 0 Å². The third kappa shape index (κ3) is 2.69. The molecule has 2 N–H and O–H groups in total. The van der Waals surface area contributed by atoms with Gasteiger partial charge in [0.1, 0.15) is 5.76 Å². The fourth-order valence-corrected chi connectivity index (χ4v) is 1.98. The molecule has 100 valence electrons. The fraction of sp³-hybridized carbons (Fsp3) is 0.267. The molecule has 0 aliphatic heterocycles. The van der Waals surface area contributed by atoms with Crippen LogP contribution >= 0.6 is 0 Å². The zero-order valence-corrected chi connectivity index (χ0v) is 11.3. The maximum absolute atomic E-state index is 11.4. The number of methoxy groups -OCH3 is 1. The van der Waals surface area contributed by atoms with Crippen LogP contribution in [-0.2, 0) is 4.74 Å². The SMILES string of the molecule is COC(=O)c1ccc(C(N)c2cc(C)ccc2C)o1. The van der Waals surface area contributed by atoms with Crippen molar-refractivity contribution in [2.24, 2.45) is 5.73 Å². The lowest BCUT2D eigenvalue weighted by Gasteiger charge is -2.13. The van der Waals surface area contributed by atoms with Crippen LogP contribution in [-0.4, -0.2) is 13.1 Å². The number of benzene rings is 1. The highest BCUT2D eigenvalue weighted by atomic mass is 16.5. The Morgan fingerprint density at radius 1 is 1.26 bits per heavy atom. The van der Waals surface area contributed by atoms with Crippen LogP contribution in [0.4, 0.5) is 0 Å². The molecule has 1 heterocycles. The molecule has 1 aromatic carbocycles. The first-order valence-corrected chi connectivity index (χ1v) is 6.03. The predicted molar refractivity (Wildman–Crippen MR) is 72.0 cm³/mol. The summed E-state index contributed by atoms with van der Waals surface area (Å²) >= 11 is 0. The summed E-state index contributed by atoms with van der Waals surface area (Å²) in [5.41, 5.74) is 9.41. The number of rotatable bonds is 3. The van der Waals surface area contributed by atoms with Gasteiger partial charge in [-0.1, -0.05) is 23.8 Å². The predicted octanol–water partition coefficient (Wildman–Crippen LogP) is 2.73. The van der Waals surface area contributed by atoms with Crippen LogP contribution in [0.1, 0.15) is 39.0 Å². The molecule has 0 radical (unpaired) electrons. The number of hydrogen-bond acceptors (Lipinski definition) is 4. The molecule has 0 amide bonds. The average Bonchev–Trinajstić information content (AvgIpc) is 2.89. The second-order valence-corrected chi connectivity index (χ2v) is 4.53. The first-order chi connectivity index (χ1) is 9.02. The zero-order chi connectivity index (χ0) is 14.0. The molecule has 0 saturated heterocycles. The molecule has 0 fully saturated rings. The Hall–Kier alpha value is -2.07. The quantitative estimate of drug-likeness (QED) is 0.861. The Kier molecular flexibility index (Phi) is 3.71. The van der Waals surface area contributed by atoms with Crippen molar-refractivity contribution >= 4 is 5.97 Å². The van der Waals surface area contributed by atoms with E-state index in [2.05, 4.69) is 4.74 Å². The molecular formula is C15H17NO3. The number of hydrogen-bond donors (Lipinski definition) is 1. The molecule has 0 aliphatic carbocycles. The van der Waals surface area contributed by atoms with Crippen LogP contribution in [0.15, 0.2) is 34.7 Å². The summed E-state index contributed by atoms with van der Waals surface area (Å²) in [6.07, 6.45) is 0. The number of aryl methyl sites for hydroxylation is 2. The van der Waals surface area contributed by atoms with E-state index in [-0.39, 0.29) is 5.76 Å². The van der Waals surface area contributed by atoms with Crippen LogP contribution in [0.2, 0.25) is 0 Å². The van der Waals surface area contributed by atoms with Crippen molar-refractivity contribution in [3.8, 4) is 0 Å². The topological polar surface area (TPSA) is 65.5 Å². The number of carbonyl (C=O) groups is 1. The second kappa shape index (κ2) is 5.28. The molecule has 1 unspecified atom stereocenters. The molecule has 0 aliphatic rings. The molecule has 4 heteroatoms. The molecule has 0 spiro atoms. The Morgan fingerprint density at radius 3 is 2.68 bits per heavy atom. The first kappa shape index (κ1) is 13.4. The van der Waals surface area contributed by atoms with Crippen molar-refractivity contribution in [3.05, 3.63) is 58.5 Å². The monoisotopic (exact) mass is 259 g/mol. The molecule has 1 atom stereocenters. The maximum Gasteiger partial charge on any atom is 0.373 e. The number of ether oxygens (including phenoxy) is 1. The molecule has 0 bridgehead atoms. The van der Waals surface area contributed by atoms with Gasteiger partial charge in [0.25, 0.3) is 0 Å². The van der Waals surface area contributed by atoms with Crippen LogP contribution in [0.25, 0.3) is 0 Å². The standard InChI is InChI=1S/C15H17NO3/c1-9-4-5-10(2)11(8-9)14(16)12-6-7-13(19-12)15(17)18-3/h4-8,14H,16H2,1-3H3. The number of nitrogens with two attached hydrogens (primary N) is 1. The lowest BCUT2D eigenvalue weighted by molar-refractivity contribution is 0.0562. The minimum absolute atomic E-state index is 0.165. The fourth-order valence-electron chi connectivity index (χ4n) is 1.98. The van der Waals surface area contributed by atoms with E-state index in [1.807, 2.05) is 32.0 Å². The molecule has 4 nitrogen and oxygen atoms in total. The summed E-state index contributed by atoms with van der Waals surface area (Å²) in [6, 6.07) is 8.98. The second-order valence-electron chi connectivity index (χ2n) is 4.53. The van der Waals surface area contributed by atoms with Gasteiger partial charge in [0.2, 0.25) is 5.76 Å². The van der Waals surface area contributed by atoms with E-state index in [4.69, 9.17) is 10.2 Å². The highest BCUT2D eigenvalue weighted by molar-refractivity contribution is 5.86. The molecule has 19 heavy (non-hydrogen) atoms. The number of esters is 1. The summed E-state index contributed by atoms with van der Waals surface area (Å²) in [4.78, 5) is 11.4. The van der Waals surface area contributed by atoms with Crippen LogP contribution < -0.4 is 5.73 Å².